The SMILES string of the molecule is CC(=O)OCCS(=O)(=O)CC[C@@H]1OCC[C@@]2(S(=O)(=O)c3ccc(Cl)cc3)c3c(F)ccc(F)c3OC[C@@H]12. The van der Waals surface area contributed by atoms with E-state index in [9.17, 15) is 26.0 Å². The molecular weight excluding hydrogens is 554 g/mol. The highest BCUT2D eigenvalue weighted by atomic mass is 35.5. The van der Waals surface area contributed by atoms with Crippen molar-refractivity contribution in [1.82, 2.24) is 0 Å². The van der Waals surface area contributed by atoms with E-state index in [0.29, 0.717) is 5.02 Å². The van der Waals surface area contributed by atoms with Gasteiger partial charge in [0, 0.05) is 24.5 Å². The zero-order chi connectivity index (χ0) is 27.0. The predicted octanol–water partition coefficient (Wildman–Crippen LogP) is 3.45. The zero-order valence-electron chi connectivity index (χ0n) is 19.8. The van der Waals surface area contributed by atoms with Gasteiger partial charge in [0.15, 0.2) is 31.2 Å². The highest BCUT2D eigenvalue weighted by Crippen LogP contribution is 2.55. The van der Waals surface area contributed by atoms with E-state index in [1.807, 2.05) is 0 Å². The average Bonchev–Trinajstić information content (AvgIpc) is 2.84. The van der Waals surface area contributed by atoms with Crippen LogP contribution in [0.25, 0.3) is 0 Å². The molecule has 0 spiro atoms. The molecule has 0 radical (unpaired) electrons. The molecule has 0 aromatic heterocycles. The van der Waals surface area contributed by atoms with Crippen molar-refractivity contribution in [2.75, 3.05) is 31.3 Å². The van der Waals surface area contributed by atoms with Crippen LogP contribution in [0.4, 0.5) is 8.78 Å². The van der Waals surface area contributed by atoms with Crippen molar-refractivity contribution in [2.24, 2.45) is 5.92 Å². The second kappa shape index (κ2) is 10.5. The minimum atomic E-state index is -4.40. The molecule has 4 rings (SSSR count). The zero-order valence-corrected chi connectivity index (χ0v) is 22.2. The van der Waals surface area contributed by atoms with E-state index in [4.69, 9.17) is 25.8 Å². The monoisotopic (exact) mass is 578 g/mol. The summed E-state index contributed by atoms with van der Waals surface area (Å²) in [6.07, 6.45) is -1.29. The number of esters is 1. The Hall–Kier alpha value is -2.28. The van der Waals surface area contributed by atoms with Crippen LogP contribution in [0.5, 0.6) is 5.75 Å². The van der Waals surface area contributed by atoms with Crippen molar-refractivity contribution in [3.05, 3.63) is 58.6 Å². The summed E-state index contributed by atoms with van der Waals surface area (Å²) in [7, 11) is -8.09. The summed E-state index contributed by atoms with van der Waals surface area (Å²) in [6, 6.07) is 7.07. The number of benzene rings is 2. The Balaban J connectivity index is 1.76. The Kier molecular flexibility index (Phi) is 7.85. The fourth-order valence-electron chi connectivity index (χ4n) is 5.04. The van der Waals surface area contributed by atoms with E-state index in [2.05, 4.69) is 0 Å². The molecule has 0 bridgehead atoms. The summed E-state index contributed by atoms with van der Waals surface area (Å²) < 4.78 is 97.7. The Morgan fingerprint density at radius 2 is 1.76 bits per heavy atom. The molecular formula is C24H25ClF2O8S2. The van der Waals surface area contributed by atoms with Crippen LogP contribution in [0.1, 0.15) is 25.3 Å². The first-order valence-electron chi connectivity index (χ1n) is 11.5. The number of ether oxygens (including phenoxy) is 3. The summed E-state index contributed by atoms with van der Waals surface area (Å²) in [5.74, 6) is -4.82. The van der Waals surface area contributed by atoms with Gasteiger partial charge in [-0.1, -0.05) is 11.6 Å². The Morgan fingerprint density at radius 1 is 1.08 bits per heavy atom. The first-order valence-corrected chi connectivity index (χ1v) is 15.1. The summed E-state index contributed by atoms with van der Waals surface area (Å²) in [6.45, 7) is 0.365. The number of fused-ring (bicyclic) bond motifs is 3. The number of sulfone groups is 2. The molecule has 0 amide bonds. The van der Waals surface area contributed by atoms with E-state index in [-0.39, 0.29) is 37.6 Å². The van der Waals surface area contributed by atoms with Crippen LogP contribution < -0.4 is 4.74 Å². The Bertz CT molecular complexity index is 1400. The molecule has 8 nitrogen and oxygen atoms in total. The van der Waals surface area contributed by atoms with Crippen molar-refractivity contribution in [3.63, 3.8) is 0 Å². The number of rotatable bonds is 8. The second-order valence-electron chi connectivity index (χ2n) is 8.94. The van der Waals surface area contributed by atoms with E-state index in [1.165, 1.54) is 24.3 Å². The first-order chi connectivity index (χ1) is 17.4. The maximum Gasteiger partial charge on any atom is 0.302 e. The number of hydrogen-bond donors (Lipinski definition) is 0. The van der Waals surface area contributed by atoms with Crippen molar-refractivity contribution >= 4 is 37.2 Å². The summed E-state index contributed by atoms with van der Waals surface area (Å²) in [4.78, 5) is 10.8. The van der Waals surface area contributed by atoms with Crippen LogP contribution in [0.2, 0.25) is 5.02 Å². The molecule has 37 heavy (non-hydrogen) atoms. The largest absolute Gasteiger partial charge is 0.490 e. The van der Waals surface area contributed by atoms with Crippen molar-refractivity contribution < 1.29 is 44.6 Å². The molecule has 2 aromatic rings. The van der Waals surface area contributed by atoms with Gasteiger partial charge in [-0.25, -0.2) is 25.6 Å². The highest BCUT2D eigenvalue weighted by Gasteiger charge is 2.61. The van der Waals surface area contributed by atoms with Gasteiger partial charge < -0.3 is 14.2 Å². The molecule has 0 saturated carbocycles. The molecule has 1 fully saturated rings. The Morgan fingerprint density at radius 3 is 2.43 bits per heavy atom. The van der Waals surface area contributed by atoms with Gasteiger partial charge in [-0.05, 0) is 49.2 Å². The van der Waals surface area contributed by atoms with Gasteiger partial charge in [-0.15, -0.1) is 0 Å². The van der Waals surface area contributed by atoms with Gasteiger partial charge in [0.25, 0.3) is 0 Å². The lowest BCUT2D eigenvalue weighted by molar-refractivity contribution is -0.140. The highest BCUT2D eigenvalue weighted by molar-refractivity contribution is 7.92. The average molecular weight is 579 g/mol. The standard InChI is InChI=1S/C24H25ClF2O8S2/c1-15(28)33-11-13-36(29,30)12-8-21-18-14-35-23-20(27)7-6-19(26)22(23)24(18,9-10-34-21)37(31,32)17-4-2-16(25)3-5-17/h2-7,18,21H,8-14H2,1H3/t18-,21-,24-/m0/s1. The van der Waals surface area contributed by atoms with Crippen LogP contribution in [-0.2, 0) is 38.7 Å². The van der Waals surface area contributed by atoms with E-state index >= 15 is 4.39 Å². The minimum absolute atomic E-state index is 0.124. The molecule has 2 aliphatic heterocycles. The number of carbonyl (C=O) groups excluding carboxylic acids is 1. The van der Waals surface area contributed by atoms with Crippen molar-refractivity contribution in [3.8, 4) is 5.75 Å². The molecule has 1 saturated heterocycles. The summed E-state index contributed by atoms with van der Waals surface area (Å²) in [5.41, 5.74) is -0.426. The van der Waals surface area contributed by atoms with Gasteiger partial charge in [0.2, 0.25) is 0 Å². The van der Waals surface area contributed by atoms with Crippen molar-refractivity contribution in [2.45, 2.75) is 35.5 Å². The molecule has 202 valence electrons. The van der Waals surface area contributed by atoms with Crippen LogP contribution in [0.3, 0.4) is 0 Å². The Labute approximate surface area is 218 Å². The molecule has 2 heterocycles. The second-order valence-corrected chi connectivity index (χ2v) is 13.9. The lowest BCUT2D eigenvalue weighted by atomic mass is 9.75. The third-order valence-corrected chi connectivity index (χ3v) is 11.2. The molecule has 0 aliphatic carbocycles. The third kappa shape index (κ3) is 5.21. The summed E-state index contributed by atoms with van der Waals surface area (Å²) >= 11 is 5.94. The normalized spacial score (nSPS) is 23.5. The number of hydrogen-bond acceptors (Lipinski definition) is 8. The maximum absolute atomic E-state index is 15.4. The van der Waals surface area contributed by atoms with Gasteiger partial charge in [-0.3, -0.25) is 4.79 Å². The van der Waals surface area contributed by atoms with Crippen LogP contribution in [0, 0.1) is 17.6 Å². The smallest absolute Gasteiger partial charge is 0.302 e. The van der Waals surface area contributed by atoms with Crippen LogP contribution >= 0.6 is 11.6 Å². The maximum atomic E-state index is 15.4. The quantitative estimate of drug-likeness (QED) is 0.438. The van der Waals surface area contributed by atoms with E-state index in [0.717, 1.165) is 19.1 Å². The van der Waals surface area contributed by atoms with Gasteiger partial charge in [0.05, 0.1) is 34.7 Å². The van der Waals surface area contributed by atoms with Gasteiger partial charge in [0.1, 0.15) is 17.2 Å². The van der Waals surface area contributed by atoms with Crippen LogP contribution in [0.15, 0.2) is 41.3 Å². The van der Waals surface area contributed by atoms with E-state index in [1.54, 1.807) is 0 Å². The molecule has 0 unspecified atom stereocenters. The fourth-order valence-corrected chi connectivity index (χ4v) is 8.65. The van der Waals surface area contributed by atoms with E-state index < -0.39 is 76.9 Å². The molecule has 0 N–H and O–H groups in total. The predicted molar refractivity (Wildman–Crippen MR) is 130 cm³/mol. The molecule has 2 aromatic carbocycles. The van der Waals surface area contributed by atoms with Crippen LogP contribution in [-0.4, -0.2) is 60.2 Å². The minimum Gasteiger partial charge on any atom is -0.490 e. The third-order valence-electron chi connectivity index (χ3n) is 6.76. The number of carbonyl (C=O) groups is 1. The van der Waals surface area contributed by atoms with Gasteiger partial charge >= 0.3 is 5.97 Å². The fraction of sp³-hybridized carbons (Fsp3) is 0.458. The number of halogens is 3. The van der Waals surface area contributed by atoms with Gasteiger partial charge in [-0.2, -0.15) is 0 Å². The molecule has 3 atom stereocenters. The first kappa shape index (κ1) is 27.7. The molecule has 13 heteroatoms. The summed E-state index contributed by atoms with van der Waals surface area (Å²) in [5, 5.41) is 0.293. The lowest BCUT2D eigenvalue weighted by Crippen LogP contribution is -2.57. The lowest BCUT2D eigenvalue weighted by Gasteiger charge is -2.50. The van der Waals surface area contributed by atoms with Crippen molar-refractivity contribution in [1.29, 1.82) is 0 Å². The molecule has 2 aliphatic rings. The topological polar surface area (TPSA) is 113 Å².